The SMILES string of the molecule is CC(=O)[O-].CC(=O)[O-].CC(C)(C)Cc1cc(C=NC2CCC(N=Cc3cc(CC(C)(C)C)cc(C(C)(C)C)c3O)CC2)c(O)c(C(C)(C)C)c1.[Co+2]. The molecule has 0 aliphatic heterocycles. The predicted molar refractivity (Wildman–Crippen MR) is 203 cm³/mol. The second kappa shape index (κ2) is 19.6. The zero-order chi connectivity index (χ0) is 38.8. The maximum atomic E-state index is 11.1. The molecule has 8 nitrogen and oxygen atoms in total. The van der Waals surface area contributed by atoms with Gasteiger partial charge in [-0.2, -0.15) is 0 Å². The van der Waals surface area contributed by atoms with E-state index in [-0.39, 0.29) is 50.5 Å². The molecule has 0 unspecified atom stereocenters. The van der Waals surface area contributed by atoms with Gasteiger partial charge in [-0.1, -0.05) is 95.2 Å². The van der Waals surface area contributed by atoms with E-state index in [0.29, 0.717) is 11.5 Å². The minimum Gasteiger partial charge on any atom is -0.550 e. The molecule has 1 aliphatic rings. The normalized spacial score (nSPS) is 16.8. The molecule has 0 spiro atoms. The fourth-order valence-electron chi connectivity index (χ4n) is 5.93. The third-order valence-corrected chi connectivity index (χ3v) is 8.00. The van der Waals surface area contributed by atoms with E-state index in [9.17, 15) is 10.2 Å². The van der Waals surface area contributed by atoms with Gasteiger partial charge in [0.15, 0.2) is 0 Å². The van der Waals surface area contributed by atoms with E-state index in [1.807, 2.05) is 12.4 Å². The van der Waals surface area contributed by atoms with Gasteiger partial charge in [0.25, 0.3) is 0 Å². The van der Waals surface area contributed by atoms with Crippen LogP contribution in [0.2, 0.25) is 0 Å². The Balaban J connectivity index is 0.00000251. The summed E-state index contributed by atoms with van der Waals surface area (Å²) in [7, 11) is 0. The van der Waals surface area contributed by atoms with Crippen LogP contribution in [0.5, 0.6) is 11.5 Å². The van der Waals surface area contributed by atoms with Crippen molar-refractivity contribution >= 4 is 24.4 Å². The smallest absolute Gasteiger partial charge is 0.550 e. The van der Waals surface area contributed by atoms with Crippen molar-refractivity contribution in [2.75, 3.05) is 0 Å². The quantitative estimate of drug-likeness (QED) is 0.298. The van der Waals surface area contributed by atoms with Crippen LogP contribution in [0.15, 0.2) is 34.3 Å². The van der Waals surface area contributed by atoms with E-state index < -0.39 is 11.9 Å². The maximum absolute atomic E-state index is 11.1. The van der Waals surface area contributed by atoms with Crippen molar-refractivity contribution in [3.8, 4) is 11.5 Å². The summed E-state index contributed by atoms with van der Waals surface area (Å²) in [6, 6.07) is 9.03. The number of rotatable bonds is 6. The van der Waals surface area contributed by atoms with Crippen LogP contribution in [-0.4, -0.2) is 46.7 Å². The monoisotopic (exact) mass is 751 g/mol. The first kappa shape index (κ1) is 47.8. The number of carbonyl (C=O) groups excluding carboxylic acids is 2. The summed E-state index contributed by atoms with van der Waals surface area (Å²) in [5.41, 5.74) is 6.13. The third kappa shape index (κ3) is 18.8. The van der Waals surface area contributed by atoms with Crippen LogP contribution in [0, 0.1) is 10.8 Å². The summed E-state index contributed by atoms with van der Waals surface area (Å²) in [4.78, 5) is 27.7. The molecule has 0 saturated heterocycles. The average molecular weight is 752 g/mol. The first-order valence-electron chi connectivity index (χ1n) is 17.7. The summed E-state index contributed by atoms with van der Waals surface area (Å²) in [6.07, 6.45) is 9.58. The number of carboxylic acid groups (broad SMARTS) is 2. The Morgan fingerprint density at radius 2 is 0.882 bits per heavy atom. The number of aliphatic carboxylic acids is 2. The van der Waals surface area contributed by atoms with Gasteiger partial charge in [0.2, 0.25) is 0 Å². The zero-order valence-corrected chi connectivity index (χ0v) is 34.7. The molecule has 1 fully saturated rings. The van der Waals surface area contributed by atoms with E-state index in [1.165, 1.54) is 11.1 Å². The second-order valence-electron chi connectivity index (χ2n) is 18.1. The van der Waals surface area contributed by atoms with Gasteiger partial charge in [0.05, 0.1) is 12.1 Å². The largest absolute Gasteiger partial charge is 2.00 e. The topological polar surface area (TPSA) is 145 Å². The third-order valence-electron chi connectivity index (χ3n) is 8.00. The maximum Gasteiger partial charge on any atom is 2.00 e. The van der Waals surface area contributed by atoms with Gasteiger partial charge in [0.1, 0.15) is 11.5 Å². The minimum atomic E-state index is -1.08. The number of aromatic hydroxyl groups is 2. The Kier molecular flexibility index (Phi) is 18.4. The van der Waals surface area contributed by atoms with E-state index in [2.05, 4.69) is 107 Å². The fraction of sp³-hybridized carbons (Fsp3) is 0.619. The molecule has 0 amide bonds. The van der Waals surface area contributed by atoms with Crippen LogP contribution in [0.1, 0.15) is 156 Å². The van der Waals surface area contributed by atoms with Crippen LogP contribution < -0.4 is 10.2 Å². The van der Waals surface area contributed by atoms with Crippen LogP contribution >= 0.6 is 0 Å². The number of phenolic OH excluding ortho intramolecular Hbond substituents is 2. The number of aliphatic imine (C=N–C) groups is 2. The Morgan fingerprint density at radius 1 is 0.627 bits per heavy atom. The number of benzene rings is 2. The zero-order valence-electron chi connectivity index (χ0n) is 33.6. The van der Waals surface area contributed by atoms with Gasteiger partial charge in [-0.3, -0.25) is 9.98 Å². The predicted octanol–water partition coefficient (Wildman–Crippen LogP) is 7.23. The summed E-state index contributed by atoms with van der Waals surface area (Å²) in [6.45, 7) is 28.3. The number of hydrogen-bond acceptors (Lipinski definition) is 8. The van der Waals surface area contributed by atoms with E-state index in [4.69, 9.17) is 29.8 Å². The first-order valence-corrected chi connectivity index (χ1v) is 17.7. The Labute approximate surface area is 318 Å². The van der Waals surface area contributed by atoms with Crippen LogP contribution in [-0.2, 0) is 50.0 Å². The van der Waals surface area contributed by atoms with Gasteiger partial charge < -0.3 is 30.0 Å². The van der Waals surface area contributed by atoms with E-state index >= 15 is 0 Å². The molecule has 2 N–H and O–H groups in total. The van der Waals surface area contributed by atoms with E-state index in [1.54, 1.807) is 0 Å². The molecule has 0 heterocycles. The number of nitrogens with zero attached hydrogens (tertiary/aromatic N) is 2. The minimum absolute atomic E-state index is 0. The van der Waals surface area contributed by atoms with E-state index in [0.717, 1.165) is 74.6 Å². The van der Waals surface area contributed by atoms with Gasteiger partial charge in [0, 0.05) is 46.6 Å². The molecule has 1 radical (unpaired) electrons. The molecule has 0 aromatic heterocycles. The molecule has 1 aliphatic carbocycles. The van der Waals surface area contributed by atoms with Crippen molar-refractivity contribution in [1.29, 1.82) is 0 Å². The molecular formula is C42H64CoN2O6. The van der Waals surface area contributed by atoms with Crippen LogP contribution in [0.25, 0.3) is 0 Å². The van der Waals surface area contributed by atoms with Crippen molar-refractivity contribution in [3.05, 3.63) is 57.6 Å². The second-order valence-corrected chi connectivity index (χ2v) is 18.1. The first-order chi connectivity index (χ1) is 22.6. The Hall–Kier alpha value is -3.17. The number of carbonyl (C=O) groups is 2. The van der Waals surface area contributed by atoms with Gasteiger partial charge in [-0.15, -0.1) is 0 Å². The number of carboxylic acids is 2. The van der Waals surface area contributed by atoms with Gasteiger partial charge >= 0.3 is 16.8 Å². The van der Waals surface area contributed by atoms with Gasteiger partial charge in [-0.05, 0) is 97.3 Å². The Morgan fingerprint density at radius 3 is 1.10 bits per heavy atom. The molecule has 9 heteroatoms. The fourth-order valence-corrected chi connectivity index (χ4v) is 5.93. The molecule has 51 heavy (non-hydrogen) atoms. The summed E-state index contributed by atoms with van der Waals surface area (Å²) < 4.78 is 0. The molecule has 2 aromatic carbocycles. The number of phenols is 2. The molecule has 0 bridgehead atoms. The van der Waals surface area contributed by atoms with Gasteiger partial charge in [-0.25, -0.2) is 0 Å². The summed E-state index contributed by atoms with van der Waals surface area (Å²) in [5, 5.41) is 40.1. The van der Waals surface area contributed by atoms with Crippen molar-refractivity contribution in [1.82, 2.24) is 0 Å². The summed E-state index contributed by atoms with van der Waals surface area (Å²) in [5.74, 6) is -1.46. The molecule has 287 valence electrons. The molecule has 0 atom stereocenters. The Bertz CT molecular complexity index is 1370. The van der Waals surface area contributed by atoms with Crippen molar-refractivity contribution in [2.45, 2.75) is 158 Å². The molecule has 1 saturated carbocycles. The van der Waals surface area contributed by atoms with Crippen molar-refractivity contribution in [3.63, 3.8) is 0 Å². The van der Waals surface area contributed by atoms with Crippen molar-refractivity contribution in [2.24, 2.45) is 20.8 Å². The van der Waals surface area contributed by atoms with Crippen LogP contribution in [0.4, 0.5) is 0 Å². The average Bonchev–Trinajstić information content (AvgIpc) is 2.90. The molecule has 2 aromatic rings. The van der Waals surface area contributed by atoms with Crippen LogP contribution in [0.3, 0.4) is 0 Å². The molecular weight excluding hydrogens is 687 g/mol. The summed E-state index contributed by atoms with van der Waals surface area (Å²) >= 11 is 0. The molecule has 3 rings (SSSR count). The standard InChI is InChI=1S/C38H58N2O2.2C2H4O2.Co/c1-35(2,3)21-25-17-27(33(41)31(19-25)37(7,8)9)23-39-29-13-15-30(16-14-29)40-24-28-18-26(22-36(4,5)6)20-32(34(28)42)38(10,11)12;2*1-2(3)4;/h17-20,23-24,29-30,41-42H,13-16,21-22H2,1-12H3;2*1H3,(H,3,4);/q;;;+2/p-2. The number of hydrogen-bond donors (Lipinski definition) is 2. The van der Waals surface area contributed by atoms with Crippen molar-refractivity contribution < 1.29 is 46.8 Å².